The first-order valence-corrected chi connectivity index (χ1v) is 8.80. The number of aromatic nitrogens is 2. The molecule has 2 heterocycles. The van der Waals surface area contributed by atoms with Crippen LogP contribution in [0.2, 0.25) is 0 Å². The molecule has 2 aromatic rings. The minimum absolute atomic E-state index is 0.0796. The summed E-state index contributed by atoms with van der Waals surface area (Å²) in [6, 6.07) is 9.61. The maximum absolute atomic E-state index is 12.4. The van der Waals surface area contributed by atoms with E-state index in [-0.39, 0.29) is 23.8 Å². The van der Waals surface area contributed by atoms with Gasteiger partial charge >= 0.3 is 0 Å². The van der Waals surface area contributed by atoms with E-state index in [4.69, 9.17) is 0 Å². The average molecular weight is 389 g/mol. The van der Waals surface area contributed by atoms with Gasteiger partial charge in [-0.25, -0.2) is 0 Å². The standard InChI is InChI=1S/C17H17BrN4O2/c18-12-5-3-10(4-6-12)14-7-15(21-20-14)17(24)22-8-13(9-22)19-16(23)11-1-2-11/h3-7,11,13H,1-2,8-9H2,(H,19,23)(H,20,21). The lowest BCUT2D eigenvalue weighted by molar-refractivity contribution is -0.123. The Kier molecular flexibility index (Phi) is 3.88. The molecule has 1 aliphatic heterocycles. The molecule has 0 spiro atoms. The van der Waals surface area contributed by atoms with Crippen LogP contribution in [-0.2, 0) is 4.79 Å². The largest absolute Gasteiger partial charge is 0.350 e. The zero-order valence-electron chi connectivity index (χ0n) is 13.0. The number of carbonyl (C=O) groups excluding carboxylic acids is 2. The number of hydrogen-bond donors (Lipinski definition) is 2. The van der Waals surface area contributed by atoms with E-state index in [0.29, 0.717) is 18.8 Å². The van der Waals surface area contributed by atoms with E-state index in [9.17, 15) is 9.59 Å². The summed E-state index contributed by atoms with van der Waals surface area (Å²) in [6.45, 7) is 1.12. The van der Waals surface area contributed by atoms with Crippen molar-refractivity contribution in [2.45, 2.75) is 18.9 Å². The molecule has 1 aromatic carbocycles. The first-order valence-electron chi connectivity index (χ1n) is 8.01. The van der Waals surface area contributed by atoms with Gasteiger partial charge in [0.05, 0.1) is 11.7 Å². The second kappa shape index (κ2) is 6.05. The molecule has 1 saturated heterocycles. The smallest absolute Gasteiger partial charge is 0.272 e. The van der Waals surface area contributed by atoms with Crippen molar-refractivity contribution in [3.05, 3.63) is 40.5 Å². The molecule has 124 valence electrons. The van der Waals surface area contributed by atoms with Crippen molar-refractivity contribution in [1.29, 1.82) is 0 Å². The Labute approximate surface area is 147 Å². The van der Waals surface area contributed by atoms with E-state index >= 15 is 0 Å². The molecule has 1 aromatic heterocycles. The summed E-state index contributed by atoms with van der Waals surface area (Å²) in [5.74, 6) is 0.254. The van der Waals surface area contributed by atoms with Crippen molar-refractivity contribution in [2.75, 3.05) is 13.1 Å². The minimum Gasteiger partial charge on any atom is -0.350 e. The SMILES string of the molecule is O=C(NC1CN(C(=O)c2cc(-c3ccc(Br)cc3)n[nH]2)C1)C1CC1. The van der Waals surface area contributed by atoms with Crippen molar-refractivity contribution in [3.8, 4) is 11.3 Å². The molecule has 2 amide bonds. The predicted octanol–water partition coefficient (Wildman–Crippen LogP) is 2.19. The molecular formula is C17H17BrN4O2. The average Bonchev–Trinajstić information content (AvgIpc) is 3.28. The summed E-state index contributed by atoms with van der Waals surface area (Å²) in [6.07, 6.45) is 1.99. The predicted molar refractivity (Wildman–Crippen MR) is 92.3 cm³/mol. The lowest BCUT2D eigenvalue weighted by atomic mass is 10.1. The second-order valence-corrected chi connectivity index (χ2v) is 7.28. The zero-order chi connectivity index (χ0) is 16.7. The first kappa shape index (κ1) is 15.4. The Hall–Kier alpha value is -2.15. The quantitative estimate of drug-likeness (QED) is 0.842. The molecule has 7 heteroatoms. The van der Waals surface area contributed by atoms with Gasteiger partial charge < -0.3 is 10.2 Å². The van der Waals surface area contributed by atoms with Crippen LogP contribution < -0.4 is 5.32 Å². The molecule has 0 bridgehead atoms. The van der Waals surface area contributed by atoms with Crippen molar-refractivity contribution in [3.63, 3.8) is 0 Å². The number of aromatic amines is 1. The third-order valence-corrected chi connectivity index (χ3v) is 4.94. The number of H-pyrrole nitrogens is 1. The zero-order valence-corrected chi connectivity index (χ0v) is 14.5. The van der Waals surface area contributed by atoms with E-state index in [1.165, 1.54) is 0 Å². The molecule has 2 fully saturated rings. The number of benzene rings is 1. The molecule has 1 saturated carbocycles. The van der Waals surface area contributed by atoms with Crippen LogP contribution in [0.25, 0.3) is 11.3 Å². The van der Waals surface area contributed by atoms with Crippen LogP contribution in [0.4, 0.5) is 0 Å². The summed E-state index contributed by atoms with van der Waals surface area (Å²) in [7, 11) is 0. The van der Waals surface area contributed by atoms with Crippen LogP contribution in [0.5, 0.6) is 0 Å². The Morgan fingerprint density at radius 3 is 2.58 bits per heavy atom. The normalized spacial score (nSPS) is 17.5. The summed E-state index contributed by atoms with van der Waals surface area (Å²) in [5.41, 5.74) is 2.16. The molecule has 1 aliphatic carbocycles. The lowest BCUT2D eigenvalue weighted by Crippen LogP contribution is -2.61. The topological polar surface area (TPSA) is 78.1 Å². The van der Waals surface area contributed by atoms with Gasteiger partial charge in [0, 0.05) is 29.0 Å². The number of carbonyl (C=O) groups is 2. The summed E-state index contributed by atoms with van der Waals surface area (Å²) >= 11 is 3.40. The number of likely N-dealkylation sites (tertiary alicyclic amines) is 1. The maximum Gasteiger partial charge on any atom is 0.272 e. The van der Waals surface area contributed by atoms with Gasteiger partial charge in [0.15, 0.2) is 0 Å². The molecule has 6 nitrogen and oxygen atoms in total. The molecule has 0 radical (unpaired) electrons. The fourth-order valence-corrected chi connectivity index (χ4v) is 3.03. The highest BCUT2D eigenvalue weighted by Crippen LogP contribution is 2.29. The third-order valence-electron chi connectivity index (χ3n) is 4.41. The fourth-order valence-electron chi connectivity index (χ4n) is 2.77. The van der Waals surface area contributed by atoms with E-state index in [1.807, 2.05) is 24.3 Å². The van der Waals surface area contributed by atoms with Gasteiger partial charge in [0.2, 0.25) is 5.91 Å². The third kappa shape index (κ3) is 3.08. The van der Waals surface area contributed by atoms with Crippen LogP contribution in [0, 0.1) is 5.92 Å². The van der Waals surface area contributed by atoms with Crippen molar-refractivity contribution in [1.82, 2.24) is 20.4 Å². The highest BCUT2D eigenvalue weighted by atomic mass is 79.9. The fraction of sp³-hybridized carbons (Fsp3) is 0.353. The van der Waals surface area contributed by atoms with Crippen LogP contribution >= 0.6 is 15.9 Å². The minimum atomic E-state index is -0.0808. The monoisotopic (exact) mass is 388 g/mol. The van der Waals surface area contributed by atoms with Gasteiger partial charge in [-0.05, 0) is 31.0 Å². The molecule has 2 N–H and O–H groups in total. The van der Waals surface area contributed by atoms with Crippen LogP contribution in [0.1, 0.15) is 23.3 Å². The Morgan fingerprint density at radius 2 is 1.92 bits per heavy atom. The van der Waals surface area contributed by atoms with E-state index in [2.05, 4.69) is 31.4 Å². The van der Waals surface area contributed by atoms with Gasteiger partial charge in [-0.1, -0.05) is 28.1 Å². The molecule has 2 aliphatic rings. The van der Waals surface area contributed by atoms with Crippen LogP contribution in [0.15, 0.2) is 34.8 Å². The van der Waals surface area contributed by atoms with E-state index < -0.39 is 0 Å². The van der Waals surface area contributed by atoms with E-state index in [0.717, 1.165) is 28.6 Å². The maximum atomic E-state index is 12.4. The van der Waals surface area contributed by atoms with Crippen LogP contribution in [0.3, 0.4) is 0 Å². The van der Waals surface area contributed by atoms with E-state index in [1.54, 1.807) is 11.0 Å². The Morgan fingerprint density at radius 1 is 1.21 bits per heavy atom. The highest BCUT2D eigenvalue weighted by Gasteiger charge is 2.36. The Balaban J connectivity index is 1.36. The van der Waals surface area contributed by atoms with Crippen molar-refractivity contribution in [2.24, 2.45) is 5.92 Å². The summed E-state index contributed by atoms with van der Waals surface area (Å²) in [5, 5.41) is 10.0. The molecular weight excluding hydrogens is 372 g/mol. The van der Waals surface area contributed by atoms with Crippen molar-refractivity contribution < 1.29 is 9.59 Å². The number of halogens is 1. The molecule has 24 heavy (non-hydrogen) atoms. The van der Waals surface area contributed by atoms with Gasteiger partial charge in [-0.3, -0.25) is 14.7 Å². The number of rotatable bonds is 4. The summed E-state index contributed by atoms with van der Waals surface area (Å²) in [4.78, 5) is 25.9. The number of amides is 2. The van der Waals surface area contributed by atoms with Gasteiger partial charge in [0.1, 0.15) is 5.69 Å². The summed E-state index contributed by atoms with van der Waals surface area (Å²) < 4.78 is 0.998. The highest BCUT2D eigenvalue weighted by molar-refractivity contribution is 9.10. The van der Waals surface area contributed by atoms with Gasteiger partial charge in [-0.2, -0.15) is 5.10 Å². The number of nitrogens with one attached hydrogen (secondary N) is 2. The van der Waals surface area contributed by atoms with Crippen molar-refractivity contribution >= 4 is 27.7 Å². The first-order chi connectivity index (χ1) is 11.6. The lowest BCUT2D eigenvalue weighted by Gasteiger charge is -2.39. The van der Waals surface area contributed by atoms with Crippen LogP contribution in [-0.4, -0.2) is 46.0 Å². The van der Waals surface area contributed by atoms with Gasteiger partial charge in [0.25, 0.3) is 5.91 Å². The number of hydrogen-bond acceptors (Lipinski definition) is 3. The molecule has 0 atom stereocenters. The Bertz CT molecular complexity index is 776. The molecule has 4 rings (SSSR count). The molecule has 0 unspecified atom stereocenters. The number of nitrogens with zero attached hydrogens (tertiary/aromatic N) is 2. The van der Waals surface area contributed by atoms with Gasteiger partial charge in [-0.15, -0.1) is 0 Å². The second-order valence-electron chi connectivity index (χ2n) is 6.36.